The van der Waals surface area contributed by atoms with Crippen LogP contribution in [0.2, 0.25) is 0 Å². The lowest BCUT2D eigenvalue weighted by atomic mass is 9.97. The Kier molecular flexibility index (Phi) is 9.52. The van der Waals surface area contributed by atoms with Crippen LogP contribution in [-0.2, 0) is 14.8 Å². The second kappa shape index (κ2) is 10.8. The summed E-state index contributed by atoms with van der Waals surface area (Å²) in [4.78, 5) is 12.4. The molecule has 0 bridgehead atoms. The van der Waals surface area contributed by atoms with Gasteiger partial charge in [-0.2, -0.15) is 4.31 Å². The topological polar surface area (TPSA) is 102 Å². The van der Waals surface area contributed by atoms with Crippen molar-refractivity contribution in [3.63, 3.8) is 0 Å². The summed E-state index contributed by atoms with van der Waals surface area (Å²) in [5.41, 5.74) is 5.67. The standard InChI is InChI=1S/C18H29N3O4S.ClH/c1-3-25-16-4-6-17(7-5-16)26(23,24)21-12-9-15(10-13-21)18(22)20-11-8-14(2)19;/h4-7,14-15H,3,8-13,19H2,1-2H3,(H,20,22);1H. The number of hydrogen-bond acceptors (Lipinski definition) is 5. The van der Waals surface area contributed by atoms with Gasteiger partial charge in [0, 0.05) is 31.6 Å². The number of benzene rings is 1. The highest BCUT2D eigenvalue weighted by atomic mass is 35.5. The number of nitrogens with one attached hydrogen (secondary N) is 1. The quantitative estimate of drug-likeness (QED) is 0.668. The largest absolute Gasteiger partial charge is 0.494 e. The van der Waals surface area contributed by atoms with Crippen LogP contribution in [0, 0.1) is 5.92 Å². The first-order valence-corrected chi connectivity index (χ1v) is 10.5. The van der Waals surface area contributed by atoms with Crippen molar-refractivity contribution in [2.45, 2.75) is 44.0 Å². The SMILES string of the molecule is CCOc1ccc(S(=O)(=O)N2CCC(C(=O)NCCC(C)N)CC2)cc1.Cl. The number of carbonyl (C=O) groups is 1. The Balaban J connectivity index is 0.00000364. The molecule has 0 aliphatic carbocycles. The third kappa shape index (κ3) is 6.64. The second-order valence-electron chi connectivity index (χ2n) is 6.64. The van der Waals surface area contributed by atoms with Gasteiger partial charge in [-0.15, -0.1) is 12.4 Å². The molecule has 1 aliphatic rings. The van der Waals surface area contributed by atoms with Gasteiger partial charge in [-0.25, -0.2) is 8.42 Å². The number of hydrogen-bond donors (Lipinski definition) is 2. The van der Waals surface area contributed by atoms with E-state index in [2.05, 4.69) is 5.32 Å². The second-order valence-corrected chi connectivity index (χ2v) is 8.58. The van der Waals surface area contributed by atoms with Gasteiger partial charge in [-0.05, 0) is 57.4 Å². The highest BCUT2D eigenvalue weighted by Gasteiger charge is 2.31. The van der Waals surface area contributed by atoms with Gasteiger partial charge >= 0.3 is 0 Å². The van der Waals surface area contributed by atoms with E-state index < -0.39 is 10.0 Å². The van der Waals surface area contributed by atoms with Crippen molar-refractivity contribution in [2.75, 3.05) is 26.2 Å². The highest BCUT2D eigenvalue weighted by molar-refractivity contribution is 7.89. The number of nitrogens with zero attached hydrogens (tertiary/aromatic N) is 1. The van der Waals surface area contributed by atoms with Crippen molar-refractivity contribution in [1.29, 1.82) is 0 Å². The molecule has 1 aromatic rings. The molecule has 9 heteroatoms. The van der Waals surface area contributed by atoms with Crippen molar-refractivity contribution in [3.05, 3.63) is 24.3 Å². The van der Waals surface area contributed by atoms with Crippen molar-refractivity contribution in [2.24, 2.45) is 11.7 Å². The molecule has 0 spiro atoms. The maximum atomic E-state index is 12.8. The Hall–Kier alpha value is -1.35. The average Bonchev–Trinajstić information content (AvgIpc) is 2.62. The van der Waals surface area contributed by atoms with Crippen LogP contribution in [0.25, 0.3) is 0 Å². The molecule has 1 aromatic carbocycles. The molecular weight excluding hydrogens is 390 g/mol. The van der Waals surface area contributed by atoms with E-state index in [1.54, 1.807) is 24.3 Å². The van der Waals surface area contributed by atoms with E-state index in [9.17, 15) is 13.2 Å². The molecule has 1 aliphatic heterocycles. The molecule has 0 aromatic heterocycles. The zero-order valence-corrected chi connectivity index (χ0v) is 17.5. The molecule has 3 N–H and O–H groups in total. The number of amides is 1. The molecule has 1 heterocycles. The minimum absolute atomic E-state index is 0. The van der Waals surface area contributed by atoms with Crippen LogP contribution in [-0.4, -0.2) is 50.9 Å². The van der Waals surface area contributed by atoms with E-state index in [0.29, 0.717) is 44.8 Å². The first-order chi connectivity index (χ1) is 12.3. The van der Waals surface area contributed by atoms with E-state index in [1.807, 2.05) is 13.8 Å². The zero-order chi connectivity index (χ0) is 19.2. The number of piperidine rings is 1. The molecule has 27 heavy (non-hydrogen) atoms. The van der Waals surface area contributed by atoms with Crippen molar-refractivity contribution in [1.82, 2.24) is 9.62 Å². The number of rotatable bonds is 8. The smallest absolute Gasteiger partial charge is 0.243 e. The lowest BCUT2D eigenvalue weighted by Gasteiger charge is -2.30. The number of nitrogens with two attached hydrogens (primary N) is 1. The van der Waals surface area contributed by atoms with E-state index in [-0.39, 0.29) is 35.2 Å². The van der Waals surface area contributed by atoms with Gasteiger partial charge in [0.25, 0.3) is 0 Å². The monoisotopic (exact) mass is 419 g/mol. The van der Waals surface area contributed by atoms with Crippen LogP contribution in [0.15, 0.2) is 29.2 Å². The fourth-order valence-corrected chi connectivity index (χ4v) is 4.42. The third-order valence-corrected chi connectivity index (χ3v) is 6.41. The van der Waals surface area contributed by atoms with E-state index >= 15 is 0 Å². The summed E-state index contributed by atoms with van der Waals surface area (Å²) in [6.45, 7) is 5.56. The van der Waals surface area contributed by atoms with E-state index in [0.717, 1.165) is 6.42 Å². The summed E-state index contributed by atoms with van der Waals surface area (Å²) in [5, 5.41) is 2.89. The normalized spacial score (nSPS) is 17.0. The maximum absolute atomic E-state index is 12.8. The van der Waals surface area contributed by atoms with Crippen LogP contribution in [0.5, 0.6) is 5.75 Å². The molecule has 1 saturated heterocycles. The van der Waals surface area contributed by atoms with Crippen LogP contribution in [0.4, 0.5) is 0 Å². The first kappa shape index (κ1) is 23.7. The molecular formula is C18H30ClN3O4S. The van der Waals surface area contributed by atoms with Crippen LogP contribution >= 0.6 is 12.4 Å². The minimum Gasteiger partial charge on any atom is -0.494 e. The van der Waals surface area contributed by atoms with Crippen LogP contribution in [0.1, 0.15) is 33.1 Å². The lowest BCUT2D eigenvalue weighted by Crippen LogP contribution is -2.43. The van der Waals surface area contributed by atoms with Crippen LogP contribution in [0.3, 0.4) is 0 Å². The molecule has 154 valence electrons. The van der Waals surface area contributed by atoms with E-state index in [4.69, 9.17) is 10.5 Å². The summed E-state index contributed by atoms with van der Waals surface area (Å²) < 4.78 is 32.3. The van der Waals surface area contributed by atoms with Gasteiger partial charge in [-0.3, -0.25) is 4.79 Å². The Morgan fingerprint density at radius 3 is 2.41 bits per heavy atom. The van der Waals surface area contributed by atoms with Gasteiger partial charge in [0.05, 0.1) is 11.5 Å². The average molecular weight is 420 g/mol. The Morgan fingerprint density at radius 1 is 1.30 bits per heavy atom. The van der Waals surface area contributed by atoms with E-state index in [1.165, 1.54) is 4.31 Å². The fraction of sp³-hybridized carbons (Fsp3) is 0.611. The molecule has 2 rings (SSSR count). The third-order valence-electron chi connectivity index (χ3n) is 4.50. The molecule has 1 fully saturated rings. The van der Waals surface area contributed by atoms with Gasteiger partial charge in [-0.1, -0.05) is 0 Å². The summed E-state index contributed by atoms with van der Waals surface area (Å²) in [5.74, 6) is 0.493. The van der Waals surface area contributed by atoms with Gasteiger partial charge < -0.3 is 15.8 Å². The van der Waals surface area contributed by atoms with Crippen molar-refractivity contribution < 1.29 is 17.9 Å². The van der Waals surface area contributed by atoms with Crippen molar-refractivity contribution in [3.8, 4) is 5.75 Å². The van der Waals surface area contributed by atoms with Gasteiger partial charge in [0.15, 0.2) is 0 Å². The fourth-order valence-electron chi connectivity index (χ4n) is 2.95. The molecule has 0 saturated carbocycles. The molecule has 0 radical (unpaired) electrons. The molecule has 1 atom stereocenters. The zero-order valence-electron chi connectivity index (χ0n) is 15.9. The highest BCUT2D eigenvalue weighted by Crippen LogP contribution is 2.25. The number of carbonyl (C=O) groups excluding carboxylic acids is 1. The summed E-state index contributed by atoms with van der Waals surface area (Å²) in [7, 11) is -3.54. The summed E-state index contributed by atoms with van der Waals surface area (Å²) in [6, 6.07) is 6.50. The summed E-state index contributed by atoms with van der Waals surface area (Å²) >= 11 is 0. The number of sulfonamides is 1. The predicted octanol–water partition coefficient (Wildman–Crippen LogP) is 1.76. The maximum Gasteiger partial charge on any atom is 0.243 e. The Labute approximate surface area is 168 Å². The Morgan fingerprint density at radius 2 is 1.89 bits per heavy atom. The first-order valence-electron chi connectivity index (χ1n) is 9.11. The molecule has 1 amide bonds. The number of halogens is 1. The van der Waals surface area contributed by atoms with Gasteiger partial charge in [0.2, 0.25) is 15.9 Å². The number of ether oxygens (including phenoxy) is 1. The minimum atomic E-state index is -3.54. The lowest BCUT2D eigenvalue weighted by molar-refractivity contribution is -0.126. The Bertz CT molecular complexity index is 687. The molecule has 1 unspecified atom stereocenters. The summed E-state index contributed by atoms with van der Waals surface area (Å²) in [6.07, 6.45) is 1.79. The van der Waals surface area contributed by atoms with Crippen molar-refractivity contribution >= 4 is 28.3 Å². The predicted molar refractivity (Wildman–Crippen MR) is 108 cm³/mol. The molecule has 7 nitrogen and oxygen atoms in total. The van der Waals surface area contributed by atoms with Crippen LogP contribution < -0.4 is 15.8 Å². The van der Waals surface area contributed by atoms with Gasteiger partial charge in [0.1, 0.15) is 5.75 Å².